The highest BCUT2D eigenvalue weighted by molar-refractivity contribution is 9.10. The third-order valence-electron chi connectivity index (χ3n) is 3.59. The maximum absolute atomic E-state index is 12.5. The second-order valence-electron chi connectivity index (χ2n) is 5.64. The maximum Gasteiger partial charge on any atom is 0.257 e. The van der Waals surface area contributed by atoms with Crippen LogP contribution in [0.1, 0.15) is 27.2 Å². The first-order valence-corrected chi connectivity index (χ1v) is 8.04. The zero-order chi connectivity index (χ0) is 16.6. The Kier molecular flexibility index (Phi) is 4.13. The van der Waals surface area contributed by atoms with E-state index in [1.807, 2.05) is 32.9 Å². The van der Waals surface area contributed by atoms with Crippen LogP contribution in [0.25, 0.3) is 10.9 Å². The number of carbonyl (C=O) groups excluding carboxylic acids is 1. The van der Waals surface area contributed by atoms with Crippen molar-refractivity contribution in [2.75, 3.05) is 5.32 Å². The van der Waals surface area contributed by atoms with Gasteiger partial charge in [0.05, 0.1) is 16.8 Å². The smallest absolute Gasteiger partial charge is 0.257 e. The molecule has 23 heavy (non-hydrogen) atoms. The van der Waals surface area contributed by atoms with Crippen LogP contribution < -0.4 is 5.32 Å². The van der Waals surface area contributed by atoms with Gasteiger partial charge in [-0.1, -0.05) is 11.6 Å². The molecule has 1 N–H and O–H groups in total. The maximum atomic E-state index is 12.5. The number of hydrogen-bond acceptors (Lipinski definition) is 3. The van der Waals surface area contributed by atoms with Crippen molar-refractivity contribution in [3.05, 3.63) is 63.5 Å². The number of aryl methyl sites for hydroxylation is 3. The van der Waals surface area contributed by atoms with E-state index in [1.54, 1.807) is 18.5 Å². The van der Waals surface area contributed by atoms with E-state index in [2.05, 4.69) is 37.3 Å². The topological polar surface area (TPSA) is 54.9 Å². The fourth-order valence-electron chi connectivity index (χ4n) is 2.64. The Morgan fingerprint density at radius 3 is 2.61 bits per heavy atom. The van der Waals surface area contributed by atoms with Crippen molar-refractivity contribution < 1.29 is 4.79 Å². The van der Waals surface area contributed by atoms with E-state index < -0.39 is 0 Å². The minimum Gasteiger partial charge on any atom is -0.321 e. The lowest BCUT2D eigenvalue weighted by molar-refractivity contribution is 0.102. The van der Waals surface area contributed by atoms with Gasteiger partial charge in [0.15, 0.2) is 0 Å². The van der Waals surface area contributed by atoms with E-state index in [1.165, 1.54) is 0 Å². The molecule has 0 fully saturated rings. The number of nitrogens with zero attached hydrogens (tertiary/aromatic N) is 2. The first-order chi connectivity index (χ1) is 10.9. The summed E-state index contributed by atoms with van der Waals surface area (Å²) in [6.07, 6.45) is 3.20. The zero-order valence-corrected chi connectivity index (χ0v) is 14.7. The molecule has 2 heterocycles. The van der Waals surface area contributed by atoms with Crippen LogP contribution in [0, 0.1) is 20.8 Å². The highest BCUT2D eigenvalue weighted by atomic mass is 79.9. The van der Waals surface area contributed by atoms with Gasteiger partial charge in [-0.15, -0.1) is 0 Å². The SMILES string of the molecule is Cc1cc(C)c2nc(C)cc(NC(=O)c3cncc(Br)c3)c2c1. The Morgan fingerprint density at radius 1 is 1.09 bits per heavy atom. The van der Waals surface area contributed by atoms with Crippen LogP contribution in [-0.2, 0) is 0 Å². The molecule has 0 saturated heterocycles. The third-order valence-corrected chi connectivity index (χ3v) is 4.03. The lowest BCUT2D eigenvalue weighted by atomic mass is 10.0. The summed E-state index contributed by atoms with van der Waals surface area (Å²) in [5.74, 6) is -0.190. The van der Waals surface area contributed by atoms with Crippen LogP contribution >= 0.6 is 15.9 Å². The van der Waals surface area contributed by atoms with E-state index >= 15 is 0 Å². The van der Waals surface area contributed by atoms with Crippen molar-refractivity contribution in [1.29, 1.82) is 0 Å². The van der Waals surface area contributed by atoms with Crippen molar-refractivity contribution in [3.63, 3.8) is 0 Å². The van der Waals surface area contributed by atoms with Gasteiger partial charge in [0.1, 0.15) is 0 Å². The molecule has 1 aromatic carbocycles. The van der Waals surface area contributed by atoms with E-state index in [0.29, 0.717) is 5.56 Å². The van der Waals surface area contributed by atoms with Crippen LogP contribution in [0.5, 0.6) is 0 Å². The predicted molar refractivity (Wildman–Crippen MR) is 95.8 cm³/mol. The largest absolute Gasteiger partial charge is 0.321 e. The average Bonchev–Trinajstić information content (AvgIpc) is 2.48. The fourth-order valence-corrected chi connectivity index (χ4v) is 3.01. The molecule has 4 nitrogen and oxygen atoms in total. The summed E-state index contributed by atoms with van der Waals surface area (Å²) in [6, 6.07) is 7.78. The molecule has 0 atom stereocenters. The molecule has 0 aliphatic carbocycles. The van der Waals surface area contributed by atoms with E-state index in [0.717, 1.165) is 37.9 Å². The number of anilines is 1. The van der Waals surface area contributed by atoms with Crippen molar-refractivity contribution in [3.8, 4) is 0 Å². The molecular weight excluding hydrogens is 354 g/mol. The summed E-state index contributed by atoms with van der Waals surface area (Å²) in [5.41, 5.74) is 5.30. The fraction of sp³-hybridized carbons (Fsp3) is 0.167. The normalized spacial score (nSPS) is 10.8. The van der Waals surface area contributed by atoms with Crippen LogP contribution in [0.3, 0.4) is 0 Å². The van der Waals surface area contributed by atoms with Crippen molar-refractivity contribution in [2.24, 2.45) is 0 Å². The Labute approximate surface area is 143 Å². The minimum absolute atomic E-state index is 0.190. The first-order valence-electron chi connectivity index (χ1n) is 7.24. The molecule has 0 spiro atoms. The van der Waals surface area contributed by atoms with Gasteiger partial charge in [0.2, 0.25) is 0 Å². The Hall–Kier alpha value is -2.27. The van der Waals surface area contributed by atoms with Crippen LogP contribution in [0.2, 0.25) is 0 Å². The molecule has 0 unspecified atom stereocenters. The van der Waals surface area contributed by atoms with Gasteiger partial charge < -0.3 is 5.32 Å². The quantitative estimate of drug-likeness (QED) is 0.719. The number of aromatic nitrogens is 2. The number of carbonyl (C=O) groups is 1. The molecule has 0 saturated carbocycles. The number of amides is 1. The molecule has 0 bridgehead atoms. The van der Waals surface area contributed by atoms with Gasteiger partial charge >= 0.3 is 0 Å². The summed E-state index contributed by atoms with van der Waals surface area (Å²) >= 11 is 3.33. The Morgan fingerprint density at radius 2 is 1.87 bits per heavy atom. The van der Waals surface area contributed by atoms with Crippen LogP contribution in [0.15, 0.2) is 41.1 Å². The van der Waals surface area contributed by atoms with Crippen LogP contribution in [-0.4, -0.2) is 15.9 Å². The number of rotatable bonds is 2. The lowest BCUT2D eigenvalue weighted by Gasteiger charge is -2.12. The van der Waals surface area contributed by atoms with Gasteiger partial charge in [-0.3, -0.25) is 14.8 Å². The van der Waals surface area contributed by atoms with Gasteiger partial charge in [0.25, 0.3) is 5.91 Å². The van der Waals surface area contributed by atoms with E-state index in [4.69, 9.17) is 0 Å². The summed E-state index contributed by atoms with van der Waals surface area (Å²) in [7, 11) is 0. The van der Waals surface area contributed by atoms with E-state index in [9.17, 15) is 4.79 Å². The molecule has 1 amide bonds. The molecule has 2 aromatic heterocycles. The standard InChI is InChI=1S/C18H16BrN3O/c1-10-4-11(2)17-15(5-10)16(6-12(3)21-17)22-18(23)13-7-14(19)9-20-8-13/h4-9H,1-3H3,(H,21,22,23). The first kappa shape index (κ1) is 15.6. The Bertz CT molecular complexity index is 922. The Balaban J connectivity index is 2.07. The lowest BCUT2D eigenvalue weighted by Crippen LogP contribution is -2.13. The number of halogens is 1. The second kappa shape index (κ2) is 6.08. The molecule has 0 aliphatic rings. The van der Waals surface area contributed by atoms with Gasteiger partial charge in [-0.05, 0) is 60.5 Å². The highest BCUT2D eigenvalue weighted by Crippen LogP contribution is 2.27. The van der Waals surface area contributed by atoms with Crippen molar-refractivity contribution in [1.82, 2.24) is 9.97 Å². The molecule has 3 rings (SSSR count). The average molecular weight is 370 g/mol. The second-order valence-corrected chi connectivity index (χ2v) is 6.55. The van der Waals surface area contributed by atoms with Gasteiger partial charge in [-0.2, -0.15) is 0 Å². The molecule has 0 radical (unpaired) electrons. The zero-order valence-electron chi connectivity index (χ0n) is 13.1. The van der Waals surface area contributed by atoms with E-state index in [-0.39, 0.29) is 5.91 Å². The summed E-state index contributed by atoms with van der Waals surface area (Å²) in [5, 5.41) is 3.93. The number of pyridine rings is 2. The van der Waals surface area contributed by atoms with Gasteiger partial charge in [0, 0.05) is 27.9 Å². The summed E-state index contributed by atoms with van der Waals surface area (Å²) in [6.45, 7) is 6.00. The molecule has 0 aliphatic heterocycles. The monoisotopic (exact) mass is 369 g/mol. The number of fused-ring (bicyclic) bond motifs is 1. The minimum atomic E-state index is -0.190. The van der Waals surface area contributed by atoms with Gasteiger partial charge in [-0.25, -0.2) is 0 Å². The summed E-state index contributed by atoms with van der Waals surface area (Å²) < 4.78 is 0.771. The molecule has 3 aromatic rings. The molecular formula is C18H16BrN3O. The highest BCUT2D eigenvalue weighted by Gasteiger charge is 2.12. The third kappa shape index (κ3) is 3.24. The van der Waals surface area contributed by atoms with Crippen LogP contribution in [0.4, 0.5) is 5.69 Å². The number of hydrogen-bond donors (Lipinski definition) is 1. The number of nitrogens with one attached hydrogen (secondary N) is 1. The molecule has 116 valence electrons. The van der Waals surface area contributed by atoms with Crippen molar-refractivity contribution in [2.45, 2.75) is 20.8 Å². The van der Waals surface area contributed by atoms with Crippen molar-refractivity contribution >= 4 is 38.4 Å². The molecule has 5 heteroatoms. The summed E-state index contributed by atoms with van der Waals surface area (Å²) in [4.78, 5) is 21.1. The predicted octanol–water partition coefficient (Wildman–Crippen LogP) is 4.57. The number of benzene rings is 1.